The summed E-state index contributed by atoms with van der Waals surface area (Å²) in [6.45, 7) is 2.03. The number of hydrogen-bond acceptors (Lipinski definition) is 3. The van der Waals surface area contributed by atoms with Gasteiger partial charge in [0.25, 0.3) is 0 Å². The number of furan rings is 1. The molecule has 1 saturated carbocycles. The van der Waals surface area contributed by atoms with Gasteiger partial charge in [-0.25, -0.2) is 0 Å². The van der Waals surface area contributed by atoms with Crippen molar-refractivity contribution in [1.29, 1.82) is 0 Å². The van der Waals surface area contributed by atoms with Crippen molar-refractivity contribution in [2.24, 2.45) is 0 Å². The number of fused-ring (bicyclic) bond motifs is 1. The van der Waals surface area contributed by atoms with Crippen LogP contribution in [0, 0.1) is 0 Å². The van der Waals surface area contributed by atoms with Crippen LogP contribution in [-0.2, 0) is 13.0 Å². The lowest BCUT2D eigenvalue weighted by molar-refractivity contribution is 0.225. The maximum atomic E-state index is 5.51. The first kappa shape index (κ1) is 12.0. The van der Waals surface area contributed by atoms with Crippen LogP contribution in [0.25, 0.3) is 0 Å². The number of rotatable bonds is 5. The highest BCUT2D eigenvalue weighted by Crippen LogP contribution is 2.31. The average Bonchev–Trinajstić information content (AvgIpc) is 3.03. The smallest absolute Gasteiger partial charge is 0.117 e. The summed E-state index contributed by atoms with van der Waals surface area (Å²) >= 11 is 0. The van der Waals surface area contributed by atoms with Gasteiger partial charge in [-0.15, -0.1) is 0 Å². The molecule has 1 aliphatic heterocycles. The van der Waals surface area contributed by atoms with Crippen molar-refractivity contribution in [2.75, 3.05) is 11.9 Å². The van der Waals surface area contributed by atoms with E-state index in [4.69, 9.17) is 4.42 Å². The third kappa shape index (κ3) is 2.46. The summed E-state index contributed by atoms with van der Waals surface area (Å²) in [5.74, 6) is 1.08. The molecule has 104 valence electrons. The molecule has 2 aromatic rings. The van der Waals surface area contributed by atoms with E-state index in [9.17, 15) is 0 Å². The standard InChI is InChI=1S/C17H20N2O/c1-2-6-17-13(4-1)10-14(18-17)11-19(15-7-8-15)12-16-5-3-9-20-16/h1-6,9,14-15,18H,7-8,10-12H2. The molecule has 3 nitrogen and oxygen atoms in total. The van der Waals surface area contributed by atoms with Crippen LogP contribution in [-0.4, -0.2) is 23.5 Å². The molecule has 0 amide bonds. The number of nitrogens with zero attached hydrogens (tertiary/aromatic N) is 1. The Hall–Kier alpha value is -1.74. The molecule has 1 N–H and O–H groups in total. The van der Waals surface area contributed by atoms with E-state index in [-0.39, 0.29) is 0 Å². The van der Waals surface area contributed by atoms with Crippen LogP contribution in [0.1, 0.15) is 24.2 Å². The van der Waals surface area contributed by atoms with Gasteiger partial charge in [-0.05, 0) is 43.0 Å². The molecule has 1 aliphatic carbocycles. The van der Waals surface area contributed by atoms with E-state index in [1.807, 2.05) is 6.07 Å². The number of para-hydroxylation sites is 1. The first-order chi connectivity index (χ1) is 9.88. The molecule has 0 spiro atoms. The molecule has 1 unspecified atom stereocenters. The molecule has 0 saturated heterocycles. The van der Waals surface area contributed by atoms with E-state index in [1.165, 1.54) is 24.1 Å². The SMILES string of the molecule is c1coc(CN(CC2Cc3ccccc3N2)C2CC2)c1. The van der Waals surface area contributed by atoms with Crippen LogP contribution in [0.2, 0.25) is 0 Å². The summed E-state index contributed by atoms with van der Waals surface area (Å²) in [5.41, 5.74) is 2.76. The Labute approximate surface area is 119 Å². The molecular formula is C17H20N2O. The minimum absolute atomic E-state index is 0.531. The van der Waals surface area contributed by atoms with Gasteiger partial charge in [0.05, 0.1) is 12.8 Å². The van der Waals surface area contributed by atoms with Crippen LogP contribution in [0.5, 0.6) is 0 Å². The molecular weight excluding hydrogens is 248 g/mol. The van der Waals surface area contributed by atoms with E-state index >= 15 is 0 Å². The van der Waals surface area contributed by atoms with E-state index in [0.717, 1.165) is 31.3 Å². The Morgan fingerprint density at radius 3 is 2.80 bits per heavy atom. The Morgan fingerprint density at radius 1 is 1.15 bits per heavy atom. The van der Waals surface area contributed by atoms with Crippen LogP contribution >= 0.6 is 0 Å². The van der Waals surface area contributed by atoms with Crippen LogP contribution < -0.4 is 5.32 Å². The maximum Gasteiger partial charge on any atom is 0.117 e. The highest BCUT2D eigenvalue weighted by atomic mass is 16.3. The predicted octanol–water partition coefficient (Wildman–Crippen LogP) is 3.28. The van der Waals surface area contributed by atoms with E-state index in [2.05, 4.69) is 40.5 Å². The fourth-order valence-corrected chi connectivity index (χ4v) is 3.15. The highest BCUT2D eigenvalue weighted by Gasteiger charge is 2.32. The van der Waals surface area contributed by atoms with E-state index < -0.39 is 0 Å². The van der Waals surface area contributed by atoms with E-state index in [1.54, 1.807) is 6.26 Å². The van der Waals surface area contributed by atoms with Gasteiger partial charge in [0.2, 0.25) is 0 Å². The minimum Gasteiger partial charge on any atom is -0.468 e. The van der Waals surface area contributed by atoms with Crippen molar-refractivity contribution >= 4 is 5.69 Å². The van der Waals surface area contributed by atoms with Gasteiger partial charge >= 0.3 is 0 Å². The van der Waals surface area contributed by atoms with Crippen LogP contribution in [0.4, 0.5) is 5.69 Å². The summed E-state index contributed by atoms with van der Waals surface area (Å²) in [6.07, 6.45) is 5.57. The molecule has 2 aliphatic rings. The molecule has 1 fully saturated rings. The summed E-state index contributed by atoms with van der Waals surface area (Å²) < 4.78 is 5.51. The molecule has 1 aromatic carbocycles. The van der Waals surface area contributed by atoms with Crippen molar-refractivity contribution < 1.29 is 4.42 Å². The topological polar surface area (TPSA) is 28.4 Å². The van der Waals surface area contributed by atoms with Crippen molar-refractivity contribution in [3.8, 4) is 0 Å². The predicted molar refractivity (Wildman–Crippen MR) is 79.7 cm³/mol. The van der Waals surface area contributed by atoms with Crippen molar-refractivity contribution in [2.45, 2.75) is 37.9 Å². The summed E-state index contributed by atoms with van der Waals surface area (Å²) in [7, 11) is 0. The van der Waals surface area contributed by atoms with Crippen LogP contribution in [0.15, 0.2) is 47.1 Å². The van der Waals surface area contributed by atoms with Gasteiger partial charge in [-0.2, -0.15) is 0 Å². The maximum absolute atomic E-state index is 5.51. The lowest BCUT2D eigenvalue weighted by Crippen LogP contribution is -2.36. The first-order valence-corrected chi connectivity index (χ1v) is 7.49. The Morgan fingerprint density at radius 2 is 2.05 bits per heavy atom. The highest BCUT2D eigenvalue weighted by molar-refractivity contribution is 5.56. The first-order valence-electron chi connectivity index (χ1n) is 7.49. The zero-order valence-corrected chi connectivity index (χ0v) is 11.6. The van der Waals surface area contributed by atoms with Gasteiger partial charge in [0, 0.05) is 24.3 Å². The number of nitrogens with one attached hydrogen (secondary N) is 1. The van der Waals surface area contributed by atoms with Gasteiger partial charge < -0.3 is 9.73 Å². The Bertz CT molecular complexity index is 549. The number of anilines is 1. The lowest BCUT2D eigenvalue weighted by atomic mass is 10.1. The molecule has 20 heavy (non-hydrogen) atoms. The second-order valence-electron chi connectivity index (χ2n) is 5.94. The second-order valence-corrected chi connectivity index (χ2v) is 5.94. The number of benzene rings is 1. The summed E-state index contributed by atoms with van der Waals surface area (Å²) in [4.78, 5) is 2.57. The van der Waals surface area contributed by atoms with Crippen molar-refractivity contribution in [3.63, 3.8) is 0 Å². The quantitative estimate of drug-likeness (QED) is 0.902. The largest absolute Gasteiger partial charge is 0.468 e. The fraction of sp³-hybridized carbons (Fsp3) is 0.412. The zero-order valence-electron chi connectivity index (χ0n) is 11.6. The third-order valence-electron chi connectivity index (χ3n) is 4.30. The van der Waals surface area contributed by atoms with Crippen molar-refractivity contribution in [1.82, 2.24) is 4.90 Å². The average molecular weight is 268 g/mol. The molecule has 2 heterocycles. The lowest BCUT2D eigenvalue weighted by Gasteiger charge is -2.24. The molecule has 1 aromatic heterocycles. The normalized spacial score (nSPS) is 20.9. The Kier molecular flexibility index (Phi) is 3.00. The van der Waals surface area contributed by atoms with Gasteiger partial charge in [0.15, 0.2) is 0 Å². The number of hydrogen-bond donors (Lipinski definition) is 1. The fourth-order valence-electron chi connectivity index (χ4n) is 3.15. The monoisotopic (exact) mass is 268 g/mol. The minimum atomic E-state index is 0.531. The molecule has 1 atom stereocenters. The van der Waals surface area contributed by atoms with Crippen LogP contribution in [0.3, 0.4) is 0 Å². The van der Waals surface area contributed by atoms with Gasteiger partial charge in [-0.1, -0.05) is 18.2 Å². The van der Waals surface area contributed by atoms with Crippen molar-refractivity contribution in [3.05, 3.63) is 54.0 Å². The second kappa shape index (κ2) is 4.98. The third-order valence-corrected chi connectivity index (χ3v) is 4.30. The molecule has 3 heteroatoms. The molecule has 4 rings (SSSR count). The summed E-state index contributed by atoms with van der Waals surface area (Å²) in [6, 6.07) is 14.0. The van der Waals surface area contributed by atoms with E-state index in [0.29, 0.717) is 6.04 Å². The van der Waals surface area contributed by atoms with Gasteiger partial charge in [-0.3, -0.25) is 4.90 Å². The Balaban J connectivity index is 1.42. The molecule has 0 radical (unpaired) electrons. The summed E-state index contributed by atoms with van der Waals surface area (Å²) in [5, 5.41) is 3.65. The van der Waals surface area contributed by atoms with Gasteiger partial charge in [0.1, 0.15) is 5.76 Å². The zero-order chi connectivity index (χ0) is 13.4. The molecule has 0 bridgehead atoms.